The SMILES string of the molecule is CC1=[C-]C(C)(C)C(C)=C1C.O=CO.[CH3-].[CH3-].[Ti+3]. The predicted molar refractivity (Wildman–Crippen MR) is 66.1 cm³/mol. The number of allylic oxidation sites excluding steroid dienone is 4. The van der Waals surface area contributed by atoms with Gasteiger partial charge in [-0.25, -0.2) is 5.57 Å². The van der Waals surface area contributed by atoms with E-state index in [0.717, 1.165) is 0 Å². The molecule has 0 fully saturated rings. The van der Waals surface area contributed by atoms with Crippen molar-refractivity contribution < 1.29 is 31.6 Å². The van der Waals surface area contributed by atoms with Gasteiger partial charge in [-0.15, -0.1) is 6.92 Å². The fourth-order valence-corrected chi connectivity index (χ4v) is 1.41. The third-order valence-corrected chi connectivity index (χ3v) is 2.56. The average Bonchev–Trinajstić information content (AvgIpc) is 2.16. The number of rotatable bonds is 0. The Morgan fingerprint density at radius 3 is 1.56 bits per heavy atom. The Hall–Kier alpha value is -0.336. The summed E-state index contributed by atoms with van der Waals surface area (Å²) in [6.45, 7) is 10.7. The first-order valence-electron chi connectivity index (χ1n) is 4.24. The monoisotopic (exact) mass is 259 g/mol. The molecule has 3 heteroatoms. The minimum absolute atomic E-state index is 0. The Morgan fingerprint density at radius 1 is 1.19 bits per heavy atom. The number of hydrogen-bond acceptors (Lipinski definition) is 1. The van der Waals surface area contributed by atoms with E-state index in [1.54, 1.807) is 0 Å². The van der Waals surface area contributed by atoms with Crippen LogP contribution >= 0.6 is 0 Å². The Morgan fingerprint density at radius 2 is 1.50 bits per heavy atom. The van der Waals surface area contributed by atoms with Crippen LogP contribution in [0.5, 0.6) is 0 Å². The Bertz CT molecular complexity index is 263. The van der Waals surface area contributed by atoms with Gasteiger partial charge < -0.3 is 20.0 Å². The maximum atomic E-state index is 8.36. The van der Waals surface area contributed by atoms with Gasteiger partial charge in [0.25, 0.3) is 6.47 Å². The second-order valence-corrected chi connectivity index (χ2v) is 3.73. The summed E-state index contributed by atoms with van der Waals surface area (Å²) in [6.07, 6.45) is 3.44. The van der Waals surface area contributed by atoms with Crippen LogP contribution in [-0.4, -0.2) is 11.6 Å². The molecule has 0 bridgehead atoms. The number of carboxylic acid groups (broad SMARTS) is 1. The smallest absolute Gasteiger partial charge is 0.483 e. The molecule has 0 amide bonds. The summed E-state index contributed by atoms with van der Waals surface area (Å²) in [5.74, 6) is 0. The molecule has 0 saturated carbocycles. The fourth-order valence-electron chi connectivity index (χ4n) is 1.41. The van der Waals surface area contributed by atoms with Crippen LogP contribution in [0.25, 0.3) is 0 Å². The molecule has 0 spiro atoms. The Labute approximate surface area is 116 Å². The first-order chi connectivity index (χ1) is 5.86. The van der Waals surface area contributed by atoms with Crippen molar-refractivity contribution >= 4 is 6.47 Å². The van der Waals surface area contributed by atoms with Gasteiger partial charge in [0.05, 0.1) is 0 Å². The molecule has 0 aliphatic heterocycles. The fraction of sp³-hybridized carbons (Fsp3) is 0.462. The number of hydrogen-bond donors (Lipinski definition) is 1. The zero-order valence-corrected chi connectivity index (χ0v) is 13.0. The molecule has 1 radical (unpaired) electrons. The summed E-state index contributed by atoms with van der Waals surface area (Å²) < 4.78 is 0. The van der Waals surface area contributed by atoms with E-state index in [4.69, 9.17) is 9.90 Å². The molecule has 91 valence electrons. The van der Waals surface area contributed by atoms with E-state index in [1.165, 1.54) is 16.7 Å². The predicted octanol–water partition coefficient (Wildman–Crippen LogP) is 3.71. The van der Waals surface area contributed by atoms with E-state index in [0.29, 0.717) is 0 Å². The summed E-state index contributed by atoms with van der Waals surface area (Å²) in [6, 6.07) is 0. The van der Waals surface area contributed by atoms with E-state index in [-0.39, 0.29) is 48.5 Å². The minimum Gasteiger partial charge on any atom is -0.483 e. The molecule has 0 unspecified atom stereocenters. The van der Waals surface area contributed by atoms with Gasteiger partial charge in [0, 0.05) is 0 Å². The van der Waals surface area contributed by atoms with E-state index in [9.17, 15) is 0 Å². The van der Waals surface area contributed by atoms with Gasteiger partial charge in [0.15, 0.2) is 0 Å². The summed E-state index contributed by atoms with van der Waals surface area (Å²) in [5.41, 5.74) is 4.39. The second kappa shape index (κ2) is 9.86. The molecule has 0 saturated heterocycles. The topological polar surface area (TPSA) is 37.3 Å². The van der Waals surface area contributed by atoms with E-state index >= 15 is 0 Å². The van der Waals surface area contributed by atoms with Gasteiger partial charge in [-0.1, -0.05) is 33.1 Å². The Balaban J connectivity index is -0.000000109. The van der Waals surface area contributed by atoms with Crippen molar-refractivity contribution in [2.24, 2.45) is 5.41 Å². The first-order valence-corrected chi connectivity index (χ1v) is 4.24. The van der Waals surface area contributed by atoms with Crippen LogP contribution in [0, 0.1) is 26.3 Å². The maximum Gasteiger partial charge on any atom is 3.00 e. The molecule has 1 N–H and O–H groups in total. The molecule has 0 aromatic heterocycles. The molecule has 2 nitrogen and oxygen atoms in total. The maximum absolute atomic E-state index is 8.36. The molecule has 1 aliphatic rings. The number of carbonyl (C=O) groups is 1. The summed E-state index contributed by atoms with van der Waals surface area (Å²) >= 11 is 0. The molecule has 0 aromatic carbocycles. The normalized spacial score (nSPS) is 15.4. The van der Waals surface area contributed by atoms with Gasteiger partial charge in [-0.2, -0.15) is 11.1 Å². The van der Waals surface area contributed by atoms with Crippen molar-refractivity contribution in [1.82, 2.24) is 0 Å². The minimum atomic E-state index is -0.250. The standard InChI is InChI=1S/C10H15.CH2O2.2CH3.Ti/c1-7-6-10(4,5)9(3)8(7)2;2-1-3;;;/h1-5H3;1H,(H,2,3);2*1H3;/q-1;;2*-1;+3. The molecule has 0 aromatic rings. The van der Waals surface area contributed by atoms with Crippen LogP contribution in [0.4, 0.5) is 0 Å². The van der Waals surface area contributed by atoms with Crippen LogP contribution < -0.4 is 0 Å². The first kappa shape index (κ1) is 24.8. The molecule has 0 heterocycles. The zero-order chi connectivity index (χ0) is 10.6. The average molecular weight is 259 g/mol. The zero-order valence-electron chi connectivity index (χ0n) is 11.4. The van der Waals surface area contributed by atoms with E-state index < -0.39 is 0 Å². The quantitative estimate of drug-likeness (QED) is 0.409. The third kappa shape index (κ3) is 6.29. The van der Waals surface area contributed by atoms with Crippen molar-refractivity contribution in [2.75, 3.05) is 0 Å². The van der Waals surface area contributed by atoms with Crippen LogP contribution in [0.2, 0.25) is 0 Å². The van der Waals surface area contributed by atoms with Gasteiger partial charge in [-0.3, -0.25) is 10.9 Å². The van der Waals surface area contributed by atoms with Crippen molar-refractivity contribution in [2.45, 2.75) is 34.6 Å². The molecular weight excluding hydrogens is 236 g/mol. The second-order valence-electron chi connectivity index (χ2n) is 3.73. The summed E-state index contributed by atoms with van der Waals surface area (Å²) in [4.78, 5) is 8.36. The van der Waals surface area contributed by atoms with E-state index in [1.807, 2.05) is 0 Å². The molecule has 1 aliphatic carbocycles. The van der Waals surface area contributed by atoms with Crippen LogP contribution in [0.3, 0.4) is 0 Å². The van der Waals surface area contributed by atoms with Gasteiger partial charge in [0.2, 0.25) is 0 Å². The Kier molecular flexibility index (Phi) is 15.3. The van der Waals surface area contributed by atoms with Crippen molar-refractivity contribution in [3.63, 3.8) is 0 Å². The summed E-state index contributed by atoms with van der Waals surface area (Å²) in [5, 5.41) is 6.89. The molecule has 1 rings (SSSR count). The molecule has 0 atom stereocenters. The molecular formula is C13H23O2Ti. The van der Waals surface area contributed by atoms with Crippen molar-refractivity contribution in [3.8, 4) is 0 Å². The van der Waals surface area contributed by atoms with Gasteiger partial charge >= 0.3 is 21.7 Å². The van der Waals surface area contributed by atoms with Gasteiger partial charge in [0.1, 0.15) is 0 Å². The van der Waals surface area contributed by atoms with Gasteiger partial charge in [-0.05, 0) is 0 Å². The third-order valence-electron chi connectivity index (χ3n) is 2.56. The van der Waals surface area contributed by atoms with Crippen molar-refractivity contribution in [3.05, 3.63) is 37.6 Å². The molecule has 16 heavy (non-hydrogen) atoms. The van der Waals surface area contributed by atoms with Crippen LogP contribution in [-0.2, 0) is 26.5 Å². The largest absolute Gasteiger partial charge is 3.00 e. The van der Waals surface area contributed by atoms with E-state index in [2.05, 4.69) is 40.7 Å². The van der Waals surface area contributed by atoms with Crippen LogP contribution in [0.15, 0.2) is 16.7 Å². The van der Waals surface area contributed by atoms with Crippen LogP contribution in [0.1, 0.15) is 34.6 Å². The summed E-state index contributed by atoms with van der Waals surface area (Å²) in [7, 11) is 0. The van der Waals surface area contributed by atoms with Crippen molar-refractivity contribution in [1.29, 1.82) is 0 Å².